The standard InChI is InChI=1S/C29H45NO/c1-21(2)30(22(3)4)16-9-8-13-25-18-26-20-29(31)27(28(26)19-25)15-7-6-12-24-14-10-11-23(5)17-24/h7,10-11,14-15,17-18,21-22,26-29,31H,6,8-9,12-13,16,19-20H2,1-5H3/t26-,27+,28-,29+/m0/s1. The zero-order valence-electron chi connectivity index (χ0n) is 20.6. The highest BCUT2D eigenvalue weighted by atomic mass is 16.3. The Morgan fingerprint density at radius 1 is 1.10 bits per heavy atom. The summed E-state index contributed by atoms with van der Waals surface area (Å²) in [6.07, 6.45) is 15.2. The van der Waals surface area contributed by atoms with Gasteiger partial charge in [0.1, 0.15) is 0 Å². The van der Waals surface area contributed by atoms with Gasteiger partial charge in [0.05, 0.1) is 6.10 Å². The van der Waals surface area contributed by atoms with Gasteiger partial charge in [0.25, 0.3) is 0 Å². The lowest BCUT2D eigenvalue weighted by Crippen LogP contribution is -2.37. The van der Waals surface area contributed by atoms with Gasteiger partial charge in [-0.3, -0.25) is 4.90 Å². The van der Waals surface area contributed by atoms with E-state index in [1.807, 2.05) is 0 Å². The van der Waals surface area contributed by atoms with Crippen LogP contribution in [-0.2, 0) is 6.42 Å². The van der Waals surface area contributed by atoms with Crippen LogP contribution in [0.5, 0.6) is 0 Å². The molecule has 2 aliphatic carbocycles. The Balaban J connectivity index is 1.42. The normalized spacial score (nSPS) is 25.9. The van der Waals surface area contributed by atoms with Gasteiger partial charge in [-0.05, 0) is 104 Å². The molecule has 0 amide bonds. The third-order valence-corrected chi connectivity index (χ3v) is 7.48. The van der Waals surface area contributed by atoms with E-state index < -0.39 is 0 Å². The van der Waals surface area contributed by atoms with Gasteiger partial charge in [0.2, 0.25) is 0 Å². The number of fused-ring (bicyclic) bond motifs is 1. The number of allylic oxidation sites excluding steroid dienone is 3. The molecule has 1 aromatic carbocycles. The van der Waals surface area contributed by atoms with E-state index >= 15 is 0 Å². The lowest BCUT2D eigenvalue weighted by molar-refractivity contribution is 0.141. The maximum Gasteiger partial charge on any atom is 0.0611 e. The minimum absolute atomic E-state index is 0.159. The van der Waals surface area contributed by atoms with Crippen molar-refractivity contribution >= 4 is 0 Å². The second-order valence-corrected chi connectivity index (χ2v) is 10.6. The number of unbranched alkanes of at least 4 members (excludes halogenated alkanes) is 1. The van der Waals surface area contributed by atoms with Gasteiger partial charge in [-0.2, -0.15) is 0 Å². The van der Waals surface area contributed by atoms with Crippen LogP contribution >= 0.6 is 0 Å². The molecule has 4 atom stereocenters. The summed E-state index contributed by atoms with van der Waals surface area (Å²) in [5.74, 6) is 1.57. The zero-order chi connectivity index (χ0) is 22.4. The molecule has 31 heavy (non-hydrogen) atoms. The fraction of sp³-hybridized carbons (Fsp3) is 0.655. The number of aliphatic hydroxyl groups is 1. The highest BCUT2D eigenvalue weighted by Gasteiger charge is 2.43. The summed E-state index contributed by atoms with van der Waals surface area (Å²) < 4.78 is 0. The van der Waals surface area contributed by atoms with Gasteiger partial charge >= 0.3 is 0 Å². The molecule has 0 bridgehead atoms. The van der Waals surface area contributed by atoms with E-state index in [-0.39, 0.29) is 6.10 Å². The van der Waals surface area contributed by atoms with Crippen molar-refractivity contribution < 1.29 is 5.11 Å². The molecule has 3 rings (SSSR count). The van der Waals surface area contributed by atoms with E-state index in [0.717, 1.165) is 19.3 Å². The average molecular weight is 424 g/mol. The first-order valence-corrected chi connectivity index (χ1v) is 12.7. The Bertz CT molecular complexity index is 739. The van der Waals surface area contributed by atoms with E-state index in [0.29, 0.717) is 29.8 Å². The summed E-state index contributed by atoms with van der Waals surface area (Å²) >= 11 is 0. The second-order valence-electron chi connectivity index (χ2n) is 10.6. The van der Waals surface area contributed by atoms with Crippen molar-refractivity contribution in [3.05, 3.63) is 59.2 Å². The molecular weight excluding hydrogens is 378 g/mol. The van der Waals surface area contributed by atoms with E-state index in [4.69, 9.17) is 0 Å². The van der Waals surface area contributed by atoms with Gasteiger partial charge in [-0.1, -0.05) is 53.6 Å². The van der Waals surface area contributed by atoms with Crippen molar-refractivity contribution in [3.8, 4) is 0 Å². The summed E-state index contributed by atoms with van der Waals surface area (Å²) in [6.45, 7) is 12.6. The van der Waals surface area contributed by atoms with Crippen molar-refractivity contribution in [3.63, 3.8) is 0 Å². The Hall–Kier alpha value is -1.38. The van der Waals surface area contributed by atoms with Crippen molar-refractivity contribution in [2.75, 3.05) is 6.54 Å². The minimum Gasteiger partial charge on any atom is -0.392 e. The van der Waals surface area contributed by atoms with Gasteiger partial charge in [-0.15, -0.1) is 0 Å². The highest BCUT2D eigenvalue weighted by Crippen LogP contribution is 2.48. The van der Waals surface area contributed by atoms with Crippen LogP contribution in [0.1, 0.15) is 77.3 Å². The van der Waals surface area contributed by atoms with E-state index in [1.165, 1.54) is 43.4 Å². The maximum absolute atomic E-state index is 10.6. The van der Waals surface area contributed by atoms with Crippen LogP contribution in [0.2, 0.25) is 0 Å². The molecule has 2 nitrogen and oxygen atoms in total. The number of hydrogen-bond acceptors (Lipinski definition) is 2. The lowest BCUT2D eigenvalue weighted by atomic mass is 9.88. The van der Waals surface area contributed by atoms with Crippen molar-refractivity contribution in [2.45, 2.75) is 97.8 Å². The second kappa shape index (κ2) is 11.5. The maximum atomic E-state index is 10.6. The van der Waals surface area contributed by atoms with Crippen LogP contribution in [0, 0.1) is 24.7 Å². The van der Waals surface area contributed by atoms with Gasteiger partial charge in [-0.25, -0.2) is 0 Å². The van der Waals surface area contributed by atoms with Crippen molar-refractivity contribution in [2.24, 2.45) is 17.8 Å². The molecule has 0 aliphatic heterocycles. The molecule has 0 radical (unpaired) electrons. The zero-order valence-corrected chi connectivity index (χ0v) is 20.6. The van der Waals surface area contributed by atoms with Crippen LogP contribution < -0.4 is 0 Å². The number of benzene rings is 1. The largest absolute Gasteiger partial charge is 0.392 e. The van der Waals surface area contributed by atoms with Gasteiger partial charge < -0.3 is 5.11 Å². The van der Waals surface area contributed by atoms with E-state index in [2.05, 4.69) is 82.0 Å². The molecule has 1 aromatic rings. The average Bonchev–Trinajstić information content (AvgIpc) is 3.21. The van der Waals surface area contributed by atoms with Crippen molar-refractivity contribution in [1.29, 1.82) is 0 Å². The molecule has 0 unspecified atom stereocenters. The molecule has 0 saturated heterocycles. The first-order valence-electron chi connectivity index (χ1n) is 12.7. The molecule has 2 heteroatoms. The summed E-state index contributed by atoms with van der Waals surface area (Å²) in [7, 11) is 0. The van der Waals surface area contributed by atoms with Crippen LogP contribution in [0.25, 0.3) is 0 Å². The minimum atomic E-state index is -0.159. The first-order chi connectivity index (χ1) is 14.8. The third-order valence-electron chi connectivity index (χ3n) is 7.48. The predicted molar refractivity (Wildman–Crippen MR) is 133 cm³/mol. The Kier molecular flexibility index (Phi) is 8.98. The first kappa shape index (κ1) is 24.3. The number of hydrogen-bond donors (Lipinski definition) is 1. The predicted octanol–water partition coefficient (Wildman–Crippen LogP) is 6.72. The monoisotopic (exact) mass is 423 g/mol. The summed E-state index contributed by atoms with van der Waals surface area (Å²) in [5, 5.41) is 10.6. The lowest BCUT2D eigenvalue weighted by Gasteiger charge is -2.30. The van der Waals surface area contributed by atoms with Crippen LogP contribution in [0.3, 0.4) is 0 Å². The molecule has 0 aromatic heterocycles. The highest BCUT2D eigenvalue weighted by molar-refractivity contribution is 5.23. The fourth-order valence-corrected chi connectivity index (χ4v) is 5.92. The molecule has 1 saturated carbocycles. The third kappa shape index (κ3) is 6.80. The number of nitrogens with zero attached hydrogens (tertiary/aromatic N) is 1. The van der Waals surface area contributed by atoms with Gasteiger partial charge in [0.15, 0.2) is 0 Å². The summed E-state index contributed by atoms with van der Waals surface area (Å²) in [6, 6.07) is 10.1. The molecule has 0 heterocycles. The number of rotatable bonds is 11. The molecular formula is C29H45NO. The Morgan fingerprint density at radius 2 is 1.87 bits per heavy atom. The topological polar surface area (TPSA) is 23.5 Å². The van der Waals surface area contributed by atoms with Crippen molar-refractivity contribution in [1.82, 2.24) is 4.90 Å². The summed E-state index contributed by atoms with van der Waals surface area (Å²) in [4.78, 5) is 2.60. The van der Waals surface area contributed by atoms with Crippen LogP contribution in [-0.4, -0.2) is 34.7 Å². The molecule has 0 spiro atoms. The van der Waals surface area contributed by atoms with E-state index in [9.17, 15) is 5.11 Å². The number of aryl methyl sites for hydroxylation is 2. The quantitative estimate of drug-likeness (QED) is 0.315. The number of aliphatic hydroxyl groups excluding tert-OH is 1. The molecule has 2 aliphatic rings. The molecule has 172 valence electrons. The van der Waals surface area contributed by atoms with E-state index in [1.54, 1.807) is 5.57 Å². The fourth-order valence-electron chi connectivity index (χ4n) is 5.92. The molecule has 1 N–H and O–H groups in total. The molecule has 1 fully saturated rings. The van der Waals surface area contributed by atoms with Gasteiger partial charge in [0, 0.05) is 18.0 Å². The Labute approximate surface area is 191 Å². The van der Waals surface area contributed by atoms with Crippen LogP contribution in [0.15, 0.2) is 48.1 Å². The summed E-state index contributed by atoms with van der Waals surface area (Å²) in [5.41, 5.74) is 4.40. The van der Waals surface area contributed by atoms with Crippen LogP contribution in [0.4, 0.5) is 0 Å². The smallest absolute Gasteiger partial charge is 0.0611 e. The SMILES string of the molecule is Cc1cccc(CCC=C[C@@H]2[C@H]3CC(CCCCN(C(C)C)C(C)C)=C[C@H]3C[C@H]2O)c1. The Morgan fingerprint density at radius 3 is 2.58 bits per heavy atom.